The van der Waals surface area contributed by atoms with E-state index >= 15 is 0 Å². The number of benzene rings is 1. The summed E-state index contributed by atoms with van der Waals surface area (Å²) in [6.45, 7) is 0.677. The molecular weight excluding hydrogens is 302 g/mol. The minimum atomic E-state index is -3.66. The first-order chi connectivity index (χ1) is 10.6. The molecule has 0 atom stereocenters. The summed E-state index contributed by atoms with van der Waals surface area (Å²) in [7, 11) is -3.66. The van der Waals surface area contributed by atoms with Crippen LogP contribution in [0.4, 0.5) is 0 Å². The quantitative estimate of drug-likeness (QED) is 0.929. The van der Waals surface area contributed by atoms with Crippen LogP contribution in [0.5, 0.6) is 0 Å². The van der Waals surface area contributed by atoms with Gasteiger partial charge in [0.1, 0.15) is 0 Å². The minimum absolute atomic E-state index is 0.338. The van der Waals surface area contributed by atoms with Crippen molar-refractivity contribution in [1.82, 2.24) is 13.5 Å². The molecule has 1 saturated carbocycles. The Morgan fingerprint density at radius 3 is 2.55 bits per heavy atom. The first-order valence-electron chi connectivity index (χ1n) is 7.72. The predicted octanol–water partition coefficient (Wildman–Crippen LogP) is 1.46. The first-order valence-corrected chi connectivity index (χ1v) is 9.12. The molecule has 1 saturated heterocycles. The maximum Gasteiger partial charge on any atom is 0.323 e. The Labute approximate surface area is 129 Å². The molecule has 22 heavy (non-hydrogen) atoms. The molecule has 0 radical (unpaired) electrons. The van der Waals surface area contributed by atoms with Crippen molar-refractivity contribution in [1.29, 1.82) is 0 Å². The standard InChI is InChI=1S/C15H19N3O3S/c19-14-5-7-17(8-6-14)22(20,21)18-15-4-3-12(11-1-2-11)9-13(15)10-16-18/h3-4,9-11,14,19H,1-2,5-8H2. The summed E-state index contributed by atoms with van der Waals surface area (Å²) in [5.41, 5.74) is 1.89. The van der Waals surface area contributed by atoms with Gasteiger partial charge in [-0.3, -0.25) is 0 Å². The summed E-state index contributed by atoms with van der Waals surface area (Å²) in [5, 5.41) is 14.5. The summed E-state index contributed by atoms with van der Waals surface area (Å²) in [4.78, 5) is 0. The summed E-state index contributed by atoms with van der Waals surface area (Å²) in [6.07, 6.45) is 4.61. The van der Waals surface area contributed by atoms with Gasteiger partial charge in [-0.05, 0) is 49.3 Å². The Kier molecular flexibility index (Phi) is 3.25. The van der Waals surface area contributed by atoms with Gasteiger partial charge in [-0.25, -0.2) is 0 Å². The van der Waals surface area contributed by atoms with Gasteiger partial charge >= 0.3 is 10.2 Å². The molecule has 0 amide bonds. The SMILES string of the molecule is O=S(=O)(N1CCC(O)CC1)n1ncc2cc(C3CC3)ccc21. The lowest BCUT2D eigenvalue weighted by molar-refractivity contribution is 0.112. The van der Waals surface area contributed by atoms with Crippen LogP contribution in [0.15, 0.2) is 24.4 Å². The van der Waals surface area contributed by atoms with Crippen LogP contribution in [-0.4, -0.2) is 46.2 Å². The highest BCUT2D eigenvalue weighted by molar-refractivity contribution is 7.87. The zero-order valence-electron chi connectivity index (χ0n) is 12.2. The molecule has 2 fully saturated rings. The van der Waals surface area contributed by atoms with Crippen molar-refractivity contribution in [2.24, 2.45) is 0 Å². The van der Waals surface area contributed by atoms with E-state index in [1.807, 2.05) is 18.2 Å². The van der Waals surface area contributed by atoms with Crippen LogP contribution in [0, 0.1) is 0 Å². The second kappa shape index (κ2) is 5.04. The summed E-state index contributed by atoms with van der Waals surface area (Å²) >= 11 is 0. The number of nitrogens with zero attached hydrogens (tertiary/aromatic N) is 3. The molecule has 2 heterocycles. The summed E-state index contributed by atoms with van der Waals surface area (Å²) in [6, 6.07) is 5.91. The summed E-state index contributed by atoms with van der Waals surface area (Å²) in [5.74, 6) is 0.632. The maximum absolute atomic E-state index is 12.7. The Morgan fingerprint density at radius 2 is 1.86 bits per heavy atom. The smallest absolute Gasteiger partial charge is 0.323 e. The van der Waals surface area contributed by atoms with Crippen LogP contribution in [0.3, 0.4) is 0 Å². The van der Waals surface area contributed by atoms with Gasteiger partial charge in [0.05, 0.1) is 17.8 Å². The molecule has 1 aliphatic heterocycles. The predicted molar refractivity (Wildman–Crippen MR) is 82.8 cm³/mol. The molecule has 1 aromatic heterocycles. The lowest BCUT2D eigenvalue weighted by Crippen LogP contribution is -2.43. The second-order valence-electron chi connectivity index (χ2n) is 6.22. The van der Waals surface area contributed by atoms with E-state index in [0.29, 0.717) is 37.4 Å². The fourth-order valence-corrected chi connectivity index (χ4v) is 4.54. The normalized spacial score (nSPS) is 21.5. The number of hydrogen-bond donors (Lipinski definition) is 1. The molecular formula is C15H19N3O3S. The third kappa shape index (κ3) is 2.33. The van der Waals surface area contributed by atoms with E-state index < -0.39 is 16.3 Å². The van der Waals surface area contributed by atoms with Gasteiger partial charge in [0.25, 0.3) is 0 Å². The number of hydrogen-bond acceptors (Lipinski definition) is 4. The third-order valence-electron chi connectivity index (χ3n) is 4.58. The maximum atomic E-state index is 12.7. The fourth-order valence-electron chi connectivity index (χ4n) is 3.06. The molecule has 0 spiro atoms. The van der Waals surface area contributed by atoms with E-state index in [0.717, 1.165) is 9.47 Å². The first kappa shape index (κ1) is 14.2. The Balaban J connectivity index is 1.70. The lowest BCUT2D eigenvalue weighted by atomic mass is 10.1. The molecule has 2 aliphatic rings. The van der Waals surface area contributed by atoms with E-state index in [1.165, 1.54) is 22.7 Å². The van der Waals surface area contributed by atoms with Crippen LogP contribution in [0.2, 0.25) is 0 Å². The van der Waals surface area contributed by atoms with Gasteiger partial charge in [-0.1, -0.05) is 6.07 Å². The van der Waals surface area contributed by atoms with Crippen molar-refractivity contribution < 1.29 is 13.5 Å². The lowest BCUT2D eigenvalue weighted by Gasteiger charge is -2.28. The van der Waals surface area contributed by atoms with Crippen LogP contribution in [-0.2, 0) is 10.2 Å². The number of rotatable bonds is 3. The molecule has 118 valence electrons. The number of aliphatic hydroxyl groups is 1. The van der Waals surface area contributed by atoms with Gasteiger partial charge in [-0.2, -0.15) is 17.8 Å². The van der Waals surface area contributed by atoms with E-state index in [9.17, 15) is 13.5 Å². The molecule has 6 nitrogen and oxygen atoms in total. The number of fused-ring (bicyclic) bond motifs is 1. The van der Waals surface area contributed by atoms with E-state index in [4.69, 9.17) is 0 Å². The van der Waals surface area contributed by atoms with E-state index in [2.05, 4.69) is 5.10 Å². The van der Waals surface area contributed by atoms with Gasteiger partial charge in [0.15, 0.2) is 0 Å². The summed E-state index contributed by atoms with van der Waals surface area (Å²) < 4.78 is 28.0. The van der Waals surface area contributed by atoms with E-state index in [-0.39, 0.29) is 0 Å². The highest BCUT2D eigenvalue weighted by Gasteiger charge is 2.30. The van der Waals surface area contributed by atoms with Crippen molar-refractivity contribution in [2.45, 2.75) is 37.7 Å². The average Bonchev–Trinajstić information content (AvgIpc) is 3.26. The van der Waals surface area contributed by atoms with Crippen LogP contribution in [0.1, 0.15) is 37.2 Å². The van der Waals surface area contributed by atoms with Crippen molar-refractivity contribution in [2.75, 3.05) is 13.1 Å². The molecule has 0 unspecified atom stereocenters. The molecule has 7 heteroatoms. The van der Waals surface area contributed by atoms with Crippen molar-refractivity contribution >= 4 is 21.1 Å². The van der Waals surface area contributed by atoms with Crippen molar-refractivity contribution in [3.8, 4) is 0 Å². The molecule has 1 aliphatic carbocycles. The fraction of sp³-hybridized carbons (Fsp3) is 0.533. The second-order valence-corrected chi connectivity index (χ2v) is 7.98. The topological polar surface area (TPSA) is 75.4 Å². The molecule has 2 aromatic rings. The zero-order valence-corrected chi connectivity index (χ0v) is 13.0. The highest BCUT2D eigenvalue weighted by atomic mass is 32.2. The molecule has 0 bridgehead atoms. The minimum Gasteiger partial charge on any atom is -0.393 e. The van der Waals surface area contributed by atoms with Gasteiger partial charge in [0.2, 0.25) is 0 Å². The van der Waals surface area contributed by atoms with Crippen LogP contribution >= 0.6 is 0 Å². The Morgan fingerprint density at radius 1 is 1.14 bits per heavy atom. The van der Waals surface area contributed by atoms with Crippen LogP contribution in [0.25, 0.3) is 10.9 Å². The van der Waals surface area contributed by atoms with Gasteiger partial charge in [-0.15, -0.1) is 4.09 Å². The number of piperidine rings is 1. The molecule has 1 aromatic carbocycles. The van der Waals surface area contributed by atoms with E-state index in [1.54, 1.807) is 6.20 Å². The van der Waals surface area contributed by atoms with Crippen molar-refractivity contribution in [3.05, 3.63) is 30.0 Å². The molecule has 1 N–H and O–H groups in total. The Hall–Kier alpha value is -1.44. The van der Waals surface area contributed by atoms with Crippen LogP contribution < -0.4 is 0 Å². The Bertz CT molecular complexity index is 803. The average molecular weight is 321 g/mol. The largest absolute Gasteiger partial charge is 0.393 e. The third-order valence-corrected chi connectivity index (χ3v) is 6.32. The molecule has 4 rings (SSSR count). The number of aromatic nitrogens is 2. The monoisotopic (exact) mass is 321 g/mol. The highest BCUT2D eigenvalue weighted by Crippen LogP contribution is 2.40. The zero-order chi connectivity index (χ0) is 15.3. The van der Waals surface area contributed by atoms with Crippen molar-refractivity contribution in [3.63, 3.8) is 0 Å². The number of aliphatic hydroxyl groups excluding tert-OH is 1. The van der Waals surface area contributed by atoms with Gasteiger partial charge in [0, 0.05) is 18.5 Å². The van der Waals surface area contributed by atoms with Gasteiger partial charge < -0.3 is 5.11 Å².